The molecule has 6 nitrogen and oxygen atoms in total. The zero-order valence-corrected chi connectivity index (χ0v) is 25.3. The van der Waals surface area contributed by atoms with Crippen molar-refractivity contribution < 1.29 is 28.5 Å². The monoisotopic (exact) mass is 542 g/mol. The number of benzene rings is 2. The summed E-state index contributed by atoms with van der Waals surface area (Å²) >= 11 is 0. The third kappa shape index (κ3) is 7.16. The molecule has 40 heavy (non-hydrogen) atoms. The average Bonchev–Trinajstić information content (AvgIpc) is 2.90. The first-order valence-corrected chi connectivity index (χ1v) is 12.8. The van der Waals surface area contributed by atoms with Crippen LogP contribution >= 0.6 is 0 Å². The summed E-state index contributed by atoms with van der Waals surface area (Å²) < 4.78 is 21.0. The van der Waals surface area contributed by atoms with Crippen molar-refractivity contribution in [1.29, 1.82) is 0 Å². The van der Waals surface area contributed by atoms with Gasteiger partial charge in [-0.3, -0.25) is 0 Å². The maximum atomic E-state index is 11.7. The molecule has 0 spiro atoms. The molecular formula is C34H38O6. The van der Waals surface area contributed by atoms with Crippen LogP contribution in [0.25, 0.3) is 0 Å². The van der Waals surface area contributed by atoms with Gasteiger partial charge in [0.25, 0.3) is 0 Å². The molecule has 0 radical (unpaired) electrons. The lowest BCUT2D eigenvalue weighted by atomic mass is 9.88. The van der Waals surface area contributed by atoms with Crippen LogP contribution in [0.1, 0.15) is 75.0 Å². The van der Waals surface area contributed by atoms with Crippen LogP contribution in [0.4, 0.5) is 0 Å². The highest BCUT2D eigenvalue weighted by Gasteiger charge is 2.17. The molecule has 2 aromatic rings. The highest BCUT2D eigenvalue weighted by molar-refractivity contribution is 5.87. The van der Waals surface area contributed by atoms with Crippen LogP contribution in [-0.2, 0) is 23.8 Å². The predicted octanol–water partition coefficient (Wildman–Crippen LogP) is 6.41. The molecule has 0 fully saturated rings. The number of rotatable bonds is 7. The van der Waals surface area contributed by atoms with Gasteiger partial charge in [-0.25, -0.2) is 9.59 Å². The third-order valence-corrected chi connectivity index (χ3v) is 7.08. The summed E-state index contributed by atoms with van der Waals surface area (Å²) in [6, 6.07) is 0. The molecule has 0 unspecified atom stereocenters. The predicted molar refractivity (Wildman–Crippen MR) is 157 cm³/mol. The molecule has 0 saturated heterocycles. The Balaban J connectivity index is 2.39. The van der Waals surface area contributed by atoms with Gasteiger partial charge in [-0.1, -0.05) is 25.0 Å². The summed E-state index contributed by atoms with van der Waals surface area (Å²) in [5.41, 5.74) is 11.4. The van der Waals surface area contributed by atoms with E-state index < -0.39 is 11.9 Å². The lowest BCUT2D eigenvalue weighted by molar-refractivity contribution is -0.147. The Morgan fingerprint density at radius 3 is 1.32 bits per heavy atom. The van der Waals surface area contributed by atoms with Gasteiger partial charge in [0.05, 0.1) is 0 Å². The van der Waals surface area contributed by atoms with Gasteiger partial charge in [-0.2, -0.15) is 0 Å². The number of carbonyl (C=O) groups is 2. The second kappa shape index (κ2) is 13.6. The quantitative estimate of drug-likeness (QED) is 0.132. The van der Waals surface area contributed by atoms with Crippen molar-refractivity contribution in [1.82, 2.24) is 0 Å². The summed E-state index contributed by atoms with van der Waals surface area (Å²) in [5, 5.41) is 0. The number of carbonyl (C=O) groups excluding carboxylic acids is 2. The van der Waals surface area contributed by atoms with Gasteiger partial charge >= 0.3 is 11.9 Å². The minimum absolute atomic E-state index is 0.186. The van der Waals surface area contributed by atoms with E-state index in [2.05, 4.69) is 37.0 Å². The minimum Gasteiger partial charge on any atom is -0.457 e. The van der Waals surface area contributed by atoms with E-state index in [1.807, 2.05) is 55.4 Å². The Kier molecular flexibility index (Phi) is 10.8. The Morgan fingerprint density at radius 2 is 0.925 bits per heavy atom. The van der Waals surface area contributed by atoms with Crippen LogP contribution < -0.4 is 4.74 Å². The molecule has 0 N–H and O–H groups in total. The van der Waals surface area contributed by atoms with Gasteiger partial charge in [0, 0.05) is 27.8 Å². The molecule has 2 rings (SSSR count). The summed E-state index contributed by atoms with van der Waals surface area (Å²) in [4.78, 5) is 23.2. The maximum absolute atomic E-state index is 11.7. The van der Waals surface area contributed by atoms with Crippen LogP contribution in [0.3, 0.4) is 0 Å². The highest BCUT2D eigenvalue weighted by Crippen LogP contribution is 2.33. The molecule has 0 aliphatic carbocycles. The van der Waals surface area contributed by atoms with Crippen molar-refractivity contribution in [2.75, 3.05) is 13.6 Å². The van der Waals surface area contributed by atoms with Gasteiger partial charge in [-0.15, -0.1) is 0 Å². The average molecular weight is 543 g/mol. The Labute approximate surface area is 238 Å². The lowest BCUT2D eigenvalue weighted by Gasteiger charge is -2.18. The largest absolute Gasteiger partial charge is 0.457 e. The number of ether oxygens (including phenoxy) is 4. The molecule has 0 amide bonds. The molecule has 2 aromatic carbocycles. The first-order valence-electron chi connectivity index (χ1n) is 12.8. The number of hydrogen-bond acceptors (Lipinski definition) is 6. The van der Waals surface area contributed by atoms with Crippen molar-refractivity contribution in [3.8, 4) is 29.6 Å². The first-order chi connectivity index (χ1) is 18.7. The molecule has 0 atom stereocenters. The van der Waals surface area contributed by atoms with E-state index >= 15 is 0 Å². The molecule has 0 heterocycles. The SMILES string of the molecule is C=C(C)C(=O)OCOC#Cc1c(C)c(C)c(C#Cc2c(C)c(C)c(OCOC(=O)C(=C)C)c(C)c2C)c(C)c1C. The summed E-state index contributed by atoms with van der Waals surface area (Å²) in [6.45, 7) is 25.9. The maximum Gasteiger partial charge on any atom is 0.336 e. The third-order valence-electron chi connectivity index (χ3n) is 7.08. The van der Waals surface area contributed by atoms with Crippen molar-refractivity contribution in [3.63, 3.8) is 0 Å². The normalized spacial score (nSPS) is 9.95. The van der Waals surface area contributed by atoms with Gasteiger partial charge in [0.15, 0.2) is 0 Å². The van der Waals surface area contributed by atoms with Crippen LogP contribution in [-0.4, -0.2) is 25.5 Å². The second-order valence-electron chi connectivity index (χ2n) is 9.88. The van der Waals surface area contributed by atoms with E-state index in [9.17, 15) is 9.59 Å². The lowest BCUT2D eigenvalue weighted by Crippen LogP contribution is -2.12. The molecule has 0 aliphatic heterocycles. The van der Waals surface area contributed by atoms with E-state index in [0.717, 1.165) is 61.2 Å². The summed E-state index contributed by atoms with van der Waals surface area (Å²) in [5.74, 6) is 9.56. The van der Waals surface area contributed by atoms with Gasteiger partial charge < -0.3 is 18.9 Å². The van der Waals surface area contributed by atoms with E-state index in [4.69, 9.17) is 18.9 Å². The van der Waals surface area contributed by atoms with Gasteiger partial charge in [-0.05, 0) is 120 Å². The zero-order valence-electron chi connectivity index (χ0n) is 25.3. The Hall–Kier alpha value is -4.42. The summed E-state index contributed by atoms with van der Waals surface area (Å²) in [6.07, 6.45) is 2.63. The van der Waals surface area contributed by atoms with Crippen molar-refractivity contribution in [2.24, 2.45) is 0 Å². The fraction of sp³-hybridized carbons (Fsp3) is 0.353. The zero-order chi connectivity index (χ0) is 30.3. The van der Waals surface area contributed by atoms with E-state index in [0.29, 0.717) is 16.9 Å². The van der Waals surface area contributed by atoms with Crippen molar-refractivity contribution >= 4 is 11.9 Å². The number of hydrogen-bond donors (Lipinski definition) is 0. The molecule has 0 saturated carbocycles. The fourth-order valence-electron chi connectivity index (χ4n) is 4.08. The van der Waals surface area contributed by atoms with Crippen LogP contribution in [0, 0.1) is 79.3 Å². The van der Waals surface area contributed by atoms with E-state index in [1.165, 1.54) is 0 Å². The van der Waals surface area contributed by atoms with E-state index in [-0.39, 0.29) is 13.6 Å². The molecule has 0 aliphatic rings. The van der Waals surface area contributed by atoms with Crippen molar-refractivity contribution in [3.05, 3.63) is 85.5 Å². The number of esters is 2. The standard InChI is InChI=1S/C34H38O6/c1-19(2)33(35)39-17-37-16-15-31-23(7)21(5)29(22(6)24(31)8)13-14-30-25(9)27(11)32(28(12)26(30)10)38-18-40-34(36)20(3)4/h1,3,17-18H2,2,4-12H3. The summed E-state index contributed by atoms with van der Waals surface area (Å²) in [7, 11) is 0. The molecule has 210 valence electrons. The molecule has 0 aromatic heterocycles. The topological polar surface area (TPSA) is 71.1 Å². The van der Waals surface area contributed by atoms with Crippen LogP contribution in [0.15, 0.2) is 24.3 Å². The van der Waals surface area contributed by atoms with Gasteiger partial charge in [0.2, 0.25) is 13.6 Å². The van der Waals surface area contributed by atoms with Crippen molar-refractivity contribution in [2.45, 2.75) is 69.2 Å². The second-order valence-corrected chi connectivity index (χ2v) is 9.88. The minimum atomic E-state index is -0.522. The van der Waals surface area contributed by atoms with E-state index in [1.54, 1.807) is 13.8 Å². The smallest absolute Gasteiger partial charge is 0.336 e. The molecule has 6 heteroatoms. The molecule has 0 bridgehead atoms. The molecular weight excluding hydrogens is 504 g/mol. The highest BCUT2D eigenvalue weighted by atomic mass is 16.7. The Morgan fingerprint density at radius 1 is 0.575 bits per heavy atom. The Bertz CT molecular complexity index is 1460. The first kappa shape index (κ1) is 31.8. The fourth-order valence-corrected chi connectivity index (χ4v) is 4.08. The van der Waals surface area contributed by atoms with Crippen LogP contribution in [0.2, 0.25) is 0 Å². The van der Waals surface area contributed by atoms with Crippen LogP contribution in [0.5, 0.6) is 5.75 Å². The van der Waals surface area contributed by atoms with Gasteiger partial charge in [0.1, 0.15) is 11.9 Å².